The quantitative estimate of drug-likeness (QED) is 0.760. The van der Waals surface area contributed by atoms with Crippen molar-refractivity contribution in [2.75, 3.05) is 6.61 Å². The number of rotatable bonds is 6. The van der Waals surface area contributed by atoms with Crippen LogP contribution in [0.1, 0.15) is 34.2 Å². The molecule has 2 rings (SSSR count). The Morgan fingerprint density at radius 3 is 2.62 bits per heavy atom. The molecule has 112 valence electrons. The van der Waals surface area contributed by atoms with Crippen LogP contribution in [0.5, 0.6) is 0 Å². The highest BCUT2D eigenvalue weighted by Crippen LogP contribution is 2.16. The number of ether oxygens (including phenoxy) is 1. The number of carbonyl (C=O) groups is 1. The number of carbonyl (C=O) groups excluding carboxylic acids is 1. The molecule has 0 saturated heterocycles. The summed E-state index contributed by atoms with van der Waals surface area (Å²) in [5.74, 6) is -0.381. The molecule has 1 aromatic heterocycles. The lowest BCUT2D eigenvalue weighted by atomic mass is 10.1. The summed E-state index contributed by atoms with van der Waals surface area (Å²) in [5, 5.41) is 0. The first kappa shape index (κ1) is 15.4. The second-order valence-corrected chi connectivity index (χ2v) is 5.04. The SMILES string of the molecule is CCn1c(C)cc(C(=O)COCc2ccccc2F)c1C. The van der Waals surface area contributed by atoms with Gasteiger partial charge in [-0.25, -0.2) is 4.39 Å². The summed E-state index contributed by atoms with van der Waals surface area (Å²) in [5.41, 5.74) is 3.16. The van der Waals surface area contributed by atoms with Crippen LogP contribution < -0.4 is 0 Å². The van der Waals surface area contributed by atoms with E-state index in [9.17, 15) is 9.18 Å². The van der Waals surface area contributed by atoms with E-state index in [2.05, 4.69) is 4.57 Å². The van der Waals surface area contributed by atoms with Crippen LogP contribution in [0.3, 0.4) is 0 Å². The van der Waals surface area contributed by atoms with Gasteiger partial charge in [0.2, 0.25) is 0 Å². The first-order valence-corrected chi connectivity index (χ1v) is 7.05. The molecule has 4 heteroatoms. The lowest BCUT2D eigenvalue weighted by Gasteiger charge is -2.07. The van der Waals surface area contributed by atoms with Gasteiger partial charge in [-0.1, -0.05) is 18.2 Å². The maximum Gasteiger partial charge on any atom is 0.190 e. The smallest absolute Gasteiger partial charge is 0.190 e. The predicted molar refractivity (Wildman–Crippen MR) is 80.0 cm³/mol. The second-order valence-electron chi connectivity index (χ2n) is 5.04. The fourth-order valence-corrected chi connectivity index (χ4v) is 2.52. The number of ketones is 1. The Bertz CT molecular complexity index is 646. The van der Waals surface area contributed by atoms with Gasteiger partial charge in [0, 0.05) is 29.1 Å². The van der Waals surface area contributed by atoms with Crippen LogP contribution in [0.2, 0.25) is 0 Å². The molecule has 0 amide bonds. The van der Waals surface area contributed by atoms with E-state index < -0.39 is 0 Å². The third-order valence-electron chi connectivity index (χ3n) is 3.64. The summed E-state index contributed by atoms with van der Waals surface area (Å²) < 4.78 is 20.9. The van der Waals surface area contributed by atoms with Crippen molar-refractivity contribution in [2.45, 2.75) is 33.9 Å². The average Bonchev–Trinajstić information content (AvgIpc) is 2.75. The molecule has 21 heavy (non-hydrogen) atoms. The highest BCUT2D eigenvalue weighted by molar-refractivity contribution is 5.98. The molecule has 0 aliphatic carbocycles. The van der Waals surface area contributed by atoms with Crippen LogP contribution in [-0.4, -0.2) is 17.0 Å². The van der Waals surface area contributed by atoms with Gasteiger partial charge < -0.3 is 9.30 Å². The van der Waals surface area contributed by atoms with E-state index in [4.69, 9.17) is 4.74 Å². The van der Waals surface area contributed by atoms with E-state index in [1.165, 1.54) is 6.07 Å². The lowest BCUT2D eigenvalue weighted by molar-refractivity contribution is 0.0720. The van der Waals surface area contributed by atoms with E-state index in [1.54, 1.807) is 18.2 Å². The van der Waals surface area contributed by atoms with E-state index in [0.29, 0.717) is 11.1 Å². The van der Waals surface area contributed by atoms with Gasteiger partial charge in [-0.2, -0.15) is 0 Å². The number of Topliss-reactive ketones (excluding diaryl/α,β-unsaturated/α-hetero) is 1. The van der Waals surface area contributed by atoms with Gasteiger partial charge in [-0.15, -0.1) is 0 Å². The van der Waals surface area contributed by atoms with Crippen molar-refractivity contribution in [3.8, 4) is 0 Å². The Balaban J connectivity index is 1.98. The number of aryl methyl sites for hydroxylation is 1. The van der Waals surface area contributed by atoms with Gasteiger partial charge >= 0.3 is 0 Å². The van der Waals surface area contributed by atoms with Crippen LogP contribution in [0, 0.1) is 19.7 Å². The Morgan fingerprint density at radius 1 is 1.29 bits per heavy atom. The van der Waals surface area contributed by atoms with E-state index >= 15 is 0 Å². The molecule has 0 spiro atoms. The molecule has 0 radical (unpaired) electrons. The molecule has 0 fully saturated rings. The minimum absolute atomic E-state index is 0.0393. The number of aromatic nitrogens is 1. The molecule has 3 nitrogen and oxygen atoms in total. The molecule has 1 heterocycles. The number of halogens is 1. The van der Waals surface area contributed by atoms with Crippen LogP contribution >= 0.6 is 0 Å². The summed E-state index contributed by atoms with van der Waals surface area (Å²) in [6.45, 7) is 6.85. The fraction of sp³-hybridized carbons (Fsp3) is 0.353. The van der Waals surface area contributed by atoms with Gasteiger partial charge in [-0.05, 0) is 32.9 Å². The van der Waals surface area contributed by atoms with Crippen molar-refractivity contribution in [1.29, 1.82) is 0 Å². The second kappa shape index (κ2) is 6.68. The van der Waals surface area contributed by atoms with E-state index in [0.717, 1.165) is 17.9 Å². The van der Waals surface area contributed by atoms with Crippen molar-refractivity contribution in [1.82, 2.24) is 4.57 Å². The molecule has 0 N–H and O–H groups in total. The Labute approximate surface area is 124 Å². The number of hydrogen-bond donors (Lipinski definition) is 0. The molecule has 0 bridgehead atoms. The minimum atomic E-state index is -0.311. The van der Waals surface area contributed by atoms with Crippen LogP contribution in [-0.2, 0) is 17.9 Å². The largest absolute Gasteiger partial charge is 0.369 e. The molecule has 0 atom stereocenters. The maximum absolute atomic E-state index is 13.4. The molecule has 1 aromatic carbocycles. The molecular formula is C17H20FNO2. The fourth-order valence-electron chi connectivity index (χ4n) is 2.52. The van der Waals surface area contributed by atoms with Crippen molar-refractivity contribution in [3.05, 3.63) is 58.7 Å². The minimum Gasteiger partial charge on any atom is -0.369 e. The zero-order valence-corrected chi connectivity index (χ0v) is 12.6. The third-order valence-corrected chi connectivity index (χ3v) is 3.64. The first-order chi connectivity index (χ1) is 10.0. The number of hydrogen-bond acceptors (Lipinski definition) is 2. The summed E-state index contributed by atoms with van der Waals surface area (Å²) in [4.78, 5) is 12.2. The highest BCUT2D eigenvalue weighted by atomic mass is 19.1. The molecule has 0 unspecified atom stereocenters. The van der Waals surface area contributed by atoms with Crippen molar-refractivity contribution in [2.24, 2.45) is 0 Å². The zero-order chi connectivity index (χ0) is 15.4. The average molecular weight is 289 g/mol. The Kier molecular flexibility index (Phi) is 4.91. The Morgan fingerprint density at radius 2 is 2.00 bits per heavy atom. The first-order valence-electron chi connectivity index (χ1n) is 7.05. The van der Waals surface area contributed by atoms with Gasteiger partial charge in [0.25, 0.3) is 0 Å². The molecular weight excluding hydrogens is 269 g/mol. The monoisotopic (exact) mass is 289 g/mol. The normalized spacial score (nSPS) is 10.9. The van der Waals surface area contributed by atoms with Gasteiger partial charge in [0.15, 0.2) is 5.78 Å². The molecule has 0 saturated carbocycles. The standard InChI is InChI=1S/C17H20FNO2/c1-4-19-12(2)9-15(13(19)3)17(20)11-21-10-14-7-5-6-8-16(14)18/h5-9H,4,10-11H2,1-3H3. The number of benzene rings is 1. The van der Waals surface area contributed by atoms with Crippen molar-refractivity contribution < 1.29 is 13.9 Å². The Hall–Kier alpha value is -1.94. The van der Waals surface area contributed by atoms with Crippen LogP contribution in [0.15, 0.2) is 30.3 Å². The third kappa shape index (κ3) is 3.39. The highest BCUT2D eigenvalue weighted by Gasteiger charge is 2.15. The maximum atomic E-state index is 13.4. The van der Waals surface area contributed by atoms with E-state index in [1.807, 2.05) is 26.8 Å². The molecule has 0 aliphatic heterocycles. The van der Waals surface area contributed by atoms with Crippen LogP contribution in [0.25, 0.3) is 0 Å². The van der Waals surface area contributed by atoms with E-state index in [-0.39, 0.29) is 24.8 Å². The summed E-state index contributed by atoms with van der Waals surface area (Å²) >= 11 is 0. The topological polar surface area (TPSA) is 31.2 Å². The van der Waals surface area contributed by atoms with Crippen LogP contribution in [0.4, 0.5) is 4.39 Å². The van der Waals surface area contributed by atoms with Gasteiger partial charge in [0.05, 0.1) is 6.61 Å². The van der Waals surface area contributed by atoms with Gasteiger partial charge in [-0.3, -0.25) is 4.79 Å². The lowest BCUT2D eigenvalue weighted by Crippen LogP contribution is -2.11. The summed E-state index contributed by atoms with van der Waals surface area (Å²) in [6, 6.07) is 8.30. The zero-order valence-electron chi connectivity index (χ0n) is 12.6. The molecule has 0 aliphatic rings. The van der Waals surface area contributed by atoms with Gasteiger partial charge in [0.1, 0.15) is 12.4 Å². The number of nitrogens with zero attached hydrogens (tertiary/aromatic N) is 1. The summed E-state index contributed by atoms with van der Waals surface area (Å²) in [6.07, 6.45) is 0. The molecule has 2 aromatic rings. The van der Waals surface area contributed by atoms with Crippen molar-refractivity contribution in [3.63, 3.8) is 0 Å². The predicted octanol–water partition coefficient (Wildman–Crippen LogP) is 3.66. The van der Waals surface area contributed by atoms with Crippen molar-refractivity contribution >= 4 is 5.78 Å². The summed E-state index contributed by atoms with van der Waals surface area (Å²) in [7, 11) is 0.